The van der Waals surface area contributed by atoms with Gasteiger partial charge in [-0.15, -0.1) is 0 Å². The first-order chi connectivity index (χ1) is 13.3. The topological polar surface area (TPSA) is 67.4 Å². The molecule has 0 aromatic heterocycles. The van der Waals surface area contributed by atoms with E-state index in [0.717, 1.165) is 30.7 Å². The third-order valence-corrected chi connectivity index (χ3v) is 3.74. The van der Waals surface area contributed by atoms with Crippen LogP contribution in [0.3, 0.4) is 0 Å². The standard InChI is InChI=1S/C20H21F3N2O3/c1-2-12-28-17-5-3-4-15(13-17)19(27)25-11-10-24-18(26)14-6-8-16(9-7-14)20(21,22)23/h3-9,13H,2,10-12H2,1H3,(H,24,26)(H,25,27). The maximum Gasteiger partial charge on any atom is 0.416 e. The van der Waals surface area contributed by atoms with Crippen LogP contribution < -0.4 is 15.4 Å². The van der Waals surface area contributed by atoms with Gasteiger partial charge < -0.3 is 15.4 Å². The van der Waals surface area contributed by atoms with E-state index in [0.29, 0.717) is 17.9 Å². The highest BCUT2D eigenvalue weighted by atomic mass is 19.4. The maximum atomic E-state index is 12.5. The monoisotopic (exact) mass is 394 g/mol. The van der Waals surface area contributed by atoms with Gasteiger partial charge in [0.15, 0.2) is 0 Å². The summed E-state index contributed by atoms with van der Waals surface area (Å²) in [6.45, 7) is 2.85. The van der Waals surface area contributed by atoms with Crippen LogP contribution in [0.5, 0.6) is 5.75 Å². The van der Waals surface area contributed by atoms with Gasteiger partial charge in [0.25, 0.3) is 11.8 Å². The lowest BCUT2D eigenvalue weighted by Gasteiger charge is -2.10. The fourth-order valence-electron chi connectivity index (χ4n) is 2.31. The van der Waals surface area contributed by atoms with Gasteiger partial charge in [-0.05, 0) is 48.9 Å². The number of ether oxygens (including phenoxy) is 1. The molecule has 2 N–H and O–H groups in total. The molecule has 5 nitrogen and oxygen atoms in total. The van der Waals surface area contributed by atoms with Crippen molar-refractivity contribution in [3.63, 3.8) is 0 Å². The summed E-state index contributed by atoms with van der Waals surface area (Å²) in [5.41, 5.74) is -0.274. The summed E-state index contributed by atoms with van der Waals surface area (Å²) in [6, 6.07) is 10.7. The summed E-state index contributed by atoms with van der Waals surface area (Å²) in [5, 5.41) is 5.20. The Morgan fingerprint density at radius 2 is 1.54 bits per heavy atom. The number of carbonyl (C=O) groups excluding carboxylic acids is 2. The molecule has 2 rings (SSSR count). The molecule has 150 valence electrons. The fourth-order valence-corrected chi connectivity index (χ4v) is 2.31. The largest absolute Gasteiger partial charge is 0.494 e. The van der Waals surface area contributed by atoms with Crippen molar-refractivity contribution in [2.75, 3.05) is 19.7 Å². The quantitative estimate of drug-likeness (QED) is 0.672. The Labute approximate surface area is 160 Å². The molecule has 0 bridgehead atoms. The van der Waals surface area contributed by atoms with Crippen molar-refractivity contribution < 1.29 is 27.5 Å². The van der Waals surface area contributed by atoms with E-state index in [2.05, 4.69) is 10.6 Å². The van der Waals surface area contributed by atoms with Gasteiger partial charge in [-0.25, -0.2) is 0 Å². The van der Waals surface area contributed by atoms with Crippen LogP contribution in [0.4, 0.5) is 13.2 Å². The van der Waals surface area contributed by atoms with Crippen molar-refractivity contribution in [3.05, 3.63) is 65.2 Å². The van der Waals surface area contributed by atoms with Crippen molar-refractivity contribution in [1.82, 2.24) is 10.6 Å². The molecule has 2 amide bonds. The van der Waals surface area contributed by atoms with Crippen molar-refractivity contribution in [3.8, 4) is 5.75 Å². The van der Waals surface area contributed by atoms with Crippen LogP contribution in [0.2, 0.25) is 0 Å². The Balaban J connectivity index is 1.79. The number of halogens is 3. The van der Waals surface area contributed by atoms with Gasteiger partial charge in [-0.1, -0.05) is 13.0 Å². The van der Waals surface area contributed by atoms with E-state index in [1.165, 1.54) is 0 Å². The zero-order valence-electron chi connectivity index (χ0n) is 15.3. The second-order valence-electron chi connectivity index (χ2n) is 5.96. The Morgan fingerprint density at radius 3 is 2.11 bits per heavy atom. The Kier molecular flexibility index (Phi) is 7.43. The highest BCUT2D eigenvalue weighted by molar-refractivity contribution is 5.95. The van der Waals surface area contributed by atoms with Crippen molar-refractivity contribution in [2.45, 2.75) is 19.5 Å². The number of nitrogens with one attached hydrogen (secondary N) is 2. The first-order valence-corrected chi connectivity index (χ1v) is 8.77. The number of rotatable bonds is 8. The van der Waals surface area contributed by atoms with Crippen molar-refractivity contribution in [1.29, 1.82) is 0 Å². The predicted molar refractivity (Wildman–Crippen MR) is 98.3 cm³/mol. The normalized spacial score (nSPS) is 11.0. The molecule has 0 fully saturated rings. The molecule has 8 heteroatoms. The van der Waals surface area contributed by atoms with Gasteiger partial charge in [0.05, 0.1) is 12.2 Å². The lowest BCUT2D eigenvalue weighted by Crippen LogP contribution is -2.34. The molecule has 2 aromatic carbocycles. The van der Waals surface area contributed by atoms with E-state index < -0.39 is 17.6 Å². The molecule has 0 unspecified atom stereocenters. The minimum Gasteiger partial charge on any atom is -0.494 e. The van der Waals surface area contributed by atoms with Crippen molar-refractivity contribution >= 4 is 11.8 Å². The summed E-state index contributed by atoms with van der Waals surface area (Å²) in [7, 11) is 0. The lowest BCUT2D eigenvalue weighted by molar-refractivity contribution is -0.137. The molecule has 0 saturated carbocycles. The number of benzene rings is 2. The third kappa shape index (κ3) is 6.29. The number of carbonyl (C=O) groups is 2. The molecule has 0 spiro atoms. The molecule has 0 aliphatic carbocycles. The van der Waals surface area contributed by atoms with Crippen LogP contribution in [0.1, 0.15) is 39.6 Å². The average molecular weight is 394 g/mol. The smallest absolute Gasteiger partial charge is 0.416 e. The summed E-state index contributed by atoms with van der Waals surface area (Å²) < 4.78 is 43.0. The molecule has 0 heterocycles. The van der Waals surface area contributed by atoms with E-state index in [1.54, 1.807) is 24.3 Å². The van der Waals surface area contributed by atoms with Gasteiger partial charge in [-0.2, -0.15) is 13.2 Å². The Hall–Kier alpha value is -3.03. The summed E-state index contributed by atoms with van der Waals surface area (Å²) >= 11 is 0. The molecule has 2 aromatic rings. The minimum absolute atomic E-state index is 0.111. The van der Waals surface area contributed by atoms with E-state index in [9.17, 15) is 22.8 Å². The highest BCUT2D eigenvalue weighted by Gasteiger charge is 2.30. The Bertz CT molecular complexity index is 805. The minimum atomic E-state index is -4.45. The maximum absolute atomic E-state index is 12.5. The van der Waals surface area contributed by atoms with Gasteiger partial charge in [0.1, 0.15) is 5.75 Å². The van der Waals surface area contributed by atoms with Crippen LogP contribution in [0, 0.1) is 0 Å². The van der Waals surface area contributed by atoms with Crippen LogP contribution in [0.25, 0.3) is 0 Å². The summed E-state index contributed by atoms with van der Waals surface area (Å²) in [6.07, 6.45) is -3.59. The molecule has 28 heavy (non-hydrogen) atoms. The summed E-state index contributed by atoms with van der Waals surface area (Å²) in [5.74, 6) is -0.228. The molecule has 0 atom stereocenters. The summed E-state index contributed by atoms with van der Waals surface area (Å²) in [4.78, 5) is 24.1. The van der Waals surface area contributed by atoms with Gasteiger partial charge in [0, 0.05) is 24.2 Å². The Morgan fingerprint density at radius 1 is 0.929 bits per heavy atom. The molecule has 0 saturated heterocycles. The zero-order chi connectivity index (χ0) is 20.6. The molecule has 0 aliphatic rings. The van der Waals surface area contributed by atoms with Gasteiger partial charge in [0.2, 0.25) is 0 Å². The molecule has 0 radical (unpaired) electrons. The van der Waals surface area contributed by atoms with Crippen LogP contribution in [0.15, 0.2) is 48.5 Å². The fraction of sp³-hybridized carbons (Fsp3) is 0.300. The number of amides is 2. The van der Waals surface area contributed by atoms with Crippen LogP contribution >= 0.6 is 0 Å². The number of hydrogen-bond acceptors (Lipinski definition) is 3. The first kappa shape index (κ1) is 21.3. The highest BCUT2D eigenvalue weighted by Crippen LogP contribution is 2.29. The van der Waals surface area contributed by atoms with Crippen molar-refractivity contribution in [2.24, 2.45) is 0 Å². The lowest BCUT2D eigenvalue weighted by atomic mass is 10.1. The van der Waals surface area contributed by atoms with E-state index >= 15 is 0 Å². The van der Waals surface area contributed by atoms with E-state index in [4.69, 9.17) is 4.74 Å². The average Bonchev–Trinajstić information content (AvgIpc) is 2.69. The number of hydrogen-bond donors (Lipinski definition) is 2. The second kappa shape index (κ2) is 9.77. The zero-order valence-corrected chi connectivity index (χ0v) is 15.3. The van der Waals surface area contributed by atoms with Gasteiger partial charge in [-0.3, -0.25) is 9.59 Å². The van der Waals surface area contributed by atoms with Crippen LogP contribution in [-0.4, -0.2) is 31.5 Å². The molecular weight excluding hydrogens is 373 g/mol. The molecular formula is C20H21F3N2O3. The first-order valence-electron chi connectivity index (χ1n) is 8.77. The van der Waals surface area contributed by atoms with E-state index in [1.807, 2.05) is 6.92 Å². The van der Waals surface area contributed by atoms with Gasteiger partial charge >= 0.3 is 6.18 Å². The van der Waals surface area contributed by atoms with E-state index in [-0.39, 0.29) is 24.6 Å². The third-order valence-electron chi connectivity index (χ3n) is 3.74. The molecule has 0 aliphatic heterocycles. The van der Waals surface area contributed by atoms with Crippen LogP contribution in [-0.2, 0) is 6.18 Å². The second-order valence-corrected chi connectivity index (χ2v) is 5.96. The predicted octanol–water partition coefficient (Wildman–Crippen LogP) is 3.65. The SMILES string of the molecule is CCCOc1cccc(C(=O)NCCNC(=O)c2ccc(C(F)(F)F)cc2)c1. The number of alkyl halides is 3.